The molecule has 1 fully saturated rings. The first-order valence-corrected chi connectivity index (χ1v) is 10.2. The van der Waals surface area contributed by atoms with Gasteiger partial charge in [-0.05, 0) is 61.0 Å². The minimum atomic E-state index is -4.33. The third kappa shape index (κ3) is 6.99. The van der Waals surface area contributed by atoms with Crippen LogP contribution in [0.2, 0.25) is 0 Å². The van der Waals surface area contributed by atoms with Crippen molar-refractivity contribution in [1.29, 1.82) is 0 Å². The second-order valence-electron chi connectivity index (χ2n) is 7.29. The van der Waals surface area contributed by atoms with Crippen LogP contribution < -0.4 is 5.43 Å². The number of nitrogens with one attached hydrogen (secondary N) is 1. The molecule has 27 heavy (non-hydrogen) atoms. The highest BCUT2D eigenvalue weighted by atomic mass is 79.9. The van der Waals surface area contributed by atoms with Crippen LogP contribution in [0.3, 0.4) is 0 Å². The van der Waals surface area contributed by atoms with Crippen LogP contribution in [0.15, 0.2) is 21.0 Å². The molecule has 1 saturated heterocycles. The van der Waals surface area contributed by atoms with Gasteiger partial charge in [0, 0.05) is 23.5 Å². The number of carbonyl (C=O) groups excluding carboxylic acids is 1. The third-order valence-electron chi connectivity index (χ3n) is 3.86. The highest BCUT2D eigenvalue weighted by Gasteiger charge is 2.31. The number of nitrogens with zero attached hydrogens (tertiary/aromatic N) is 2. The van der Waals surface area contributed by atoms with Gasteiger partial charge in [0.15, 0.2) is 0 Å². The van der Waals surface area contributed by atoms with Crippen molar-refractivity contribution in [3.8, 4) is 0 Å². The second-order valence-corrected chi connectivity index (χ2v) is 9.06. The Labute approximate surface area is 169 Å². The Hall–Kier alpha value is -1.29. The molecule has 1 aromatic rings. The highest BCUT2D eigenvalue weighted by molar-refractivity contribution is 9.10. The lowest BCUT2D eigenvalue weighted by molar-refractivity contribution is -0.124. The smallest absolute Gasteiger partial charge is 0.410 e. The maximum Gasteiger partial charge on any atom is 0.410 e. The molecule has 1 amide bonds. The summed E-state index contributed by atoms with van der Waals surface area (Å²) >= 11 is 4.85. The first-order valence-electron chi connectivity index (χ1n) is 8.55. The largest absolute Gasteiger partial charge is 0.444 e. The fourth-order valence-corrected chi connectivity index (χ4v) is 4.32. The zero-order chi connectivity index (χ0) is 20.2. The van der Waals surface area contributed by atoms with Gasteiger partial charge in [0.2, 0.25) is 0 Å². The van der Waals surface area contributed by atoms with Gasteiger partial charge in [0.05, 0.1) is 10.6 Å². The van der Waals surface area contributed by atoms with Crippen molar-refractivity contribution in [3.05, 3.63) is 20.8 Å². The van der Waals surface area contributed by atoms with E-state index in [-0.39, 0.29) is 12.0 Å². The monoisotopic (exact) mass is 469 g/mol. The van der Waals surface area contributed by atoms with Gasteiger partial charge in [-0.1, -0.05) is 0 Å². The molecule has 1 aliphatic rings. The molecule has 2 rings (SSSR count). The van der Waals surface area contributed by atoms with Crippen molar-refractivity contribution in [1.82, 2.24) is 10.3 Å². The van der Waals surface area contributed by atoms with Gasteiger partial charge in [-0.25, -0.2) is 4.79 Å². The molecule has 152 valence electrons. The van der Waals surface area contributed by atoms with Gasteiger partial charge < -0.3 is 15.1 Å². The van der Waals surface area contributed by atoms with E-state index in [4.69, 9.17) is 4.74 Å². The predicted octanol–water partition coefficient (Wildman–Crippen LogP) is 5.01. The molecular weight excluding hydrogens is 447 g/mol. The van der Waals surface area contributed by atoms with Gasteiger partial charge in [0.25, 0.3) is 0 Å². The summed E-state index contributed by atoms with van der Waals surface area (Å²) in [6.45, 7) is 5.19. The van der Waals surface area contributed by atoms with E-state index in [1.54, 1.807) is 4.90 Å². The molecule has 0 aromatic carbocycles. The molecule has 0 bridgehead atoms. The van der Waals surface area contributed by atoms with Gasteiger partial charge >= 0.3 is 12.3 Å². The van der Waals surface area contributed by atoms with E-state index in [1.807, 2.05) is 32.2 Å². The lowest BCUT2D eigenvalue weighted by atomic mass is 9.91. The number of thiophene rings is 1. The lowest BCUT2D eigenvalue weighted by Gasteiger charge is -2.33. The maximum absolute atomic E-state index is 12.4. The minimum absolute atomic E-state index is 0.0422. The number of alkyl halides is 3. The van der Waals surface area contributed by atoms with E-state index in [9.17, 15) is 18.0 Å². The molecule has 0 unspecified atom stereocenters. The summed E-state index contributed by atoms with van der Waals surface area (Å²) in [5, 5.41) is 5.91. The predicted molar refractivity (Wildman–Crippen MR) is 103 cm³/mol. The normalized spacial score (nSPS) is 17.1. The summed E-state index contributed by atoms with van der Waals surface area (Å²) in [5.41, 5.74) is 2.17. The number of piperidine rings is 1. The van der Waals surface area contributed by atoms with Crippen molar-refractivity contribution in [2.24, 2.45) is 11.0 Å². The van der Waals surface area contributed by atoms with Crippen molar-refractivity contribution in [2.45, 2.75) is 45.4 Å². The minimum Gasteiger partial charge on any atom is -0.444 e. The van der Waals surface area contributed by atoms with E-state index in [1.165, 1.54) is 11.3 Å². The Morgan fingerprint density at radius 2 is 2.00 bits per heavy atom. The number of hydrazone groups is 1. The molecule has 0 spiro atoms. The summed E-state index contributed by atoms with van der Waals surface area (Å²) in [6, 6.07) is 1.84. The van der Waals surface area contributed by atoms with E-state index in [0.717, 1.165) is 9.35 Å². The number of ether oxygens (including phenoxy) is 1. The van der Waals surface area contributed by atoms with Crippen molar-refractivity contribution >= 4 is 39.1 Å². The number of likely N-dealkylation sites (tertiary alicyclic amines) is 1. The van der Waals surface area contributed by atoms with Gasteiger partial charge in [-0.15, -0.1) is 11.3 Å². The summed E-state index contributed by atoms with van der Waals surface area (Å²) < 4.78 is 43.5. The quantitative estimate of drug-likeness (QED) is 0.497. The number of carbonyl (C=O) groups is 1. The SMILES string of the molecule is CC(C)(C)OC(=O)N1CCC(/C(=N\NCC(F)(F)F)c2sccc2Br)CC1. The summed E-state index contributed by atoms with van der Waals surface area (Å²) in [7, 11) is 0. The molecule has 1 aliphatic heterocycles. The van der Waals surface area contributed by atoms with Crippen molar-refractivity contribution < 1.29 is 22.7 Å². The van der Waals surface area contributed by atoms with Crippen molar-refractivity contribution in [2.75, 3.05) is 19.6 Å². The summed E-state index contributed by atoms with van der Waals surface area (Å²) in [5.74, 6) is -0.0422. The number of amides is 1. The average Bonchev–Trinajstić information content (AvgIpc) is 2.95. The first kappa shape index (κ1) is 22.0. The van der Waals surface area contributed by atoms with Crippen LogP contribution in [0.1, 0.15) is 38.5 Å². The molecule has 10 heteroatoms. The zero-order valence-corrected chi connectivity index (χ0v) is 17.8. The molecule has 1 N–H and O–H groups in total. The van der Waals surface area contributed by atoms with Crippen LogP contribution in [-0.2, 0) is 4.74 Å². The van der Waals surface area contributed by atoms with Crippen LogP contribution in [-0.4, -0.2) is 48.1 Å². The Morgan fingerprint density at radius 3 is 2.48 bits per heavy atom. The summed E-state index contributed by atoms with van der Waals surface area (Å²) in [4.78, 5) is 14.6. The van der Waals surface area contributed by atoms with Crippen LogP contribution in [0.4, 0.5) is 18.0 Å². The van der Waals surface area contributed by atoms with Gasteiger partial charge in [-0.3, -0.25) is 0 Å². The molecule has 1 aromatic heterocycles. The van der Waals surface area contributed by atoms with E-state index in [0.29, 0.717) is 31.6 Å². The third-order valence-corrected chi connectivity index (χ3v) is 5.72. The second kappa shape index (κ2) is 8.81. The van der Waals surface area contributed by atoms with E-state index < -0.39 is 18.3 Å². The number of rotatable bonds is 4. The van der Waals surface area contributed by atoms with Crippen LogP contribution in [0.5, 0.6) is 0 Å². The average molecular weight is 470 g/mol. The fourth-order valence-electron chi connectivity index (χ4n) is 2.68. The Morgan fingerprint density at radius 1 is 1.37 bits per heavy atom. The summed E-state index contributed by atoms with van der Waals surface area (Å²) in [6.07, 6.45) is -3.49. The van der Waals surface area contributed by atoms with Crippen molar-refractivity contribution in [3.63, 3.8) is 0 Å². The molecule has 0 saturated carbocycles. The highest BCUT2D eigenvalue weighted by Crippen LogP contribution is 2.30. The Kier molecular flexibility index (Phi) is 7.18. The number of halogens is 4. The Balaban J connectivity index is 2.06. The maximum atomic E-state index is 12.4. The first-order chi connectivity index (χ1) is 12.5. The molecular formula is C17H23BrF3N3O2S. The van der Waals surface area contributed by atoms with Crippen LogP contribution >= 0.6 is 27.3 Å². The van der Waals surface area contributed by atoms with Gasteiger partial charge in [0.1, 0.15) is 12.1 Å². The number of hydrogen-bond acceptors (Lipinski definition) is 5. The van der Waals surface area contributed by atoms with E-state index in [2.05, 4.69) is 26.5 Å². The topological polar surface area (TPSA) is 53.9 Å². The standard InChI is InChI=1S/C17H23BrF3N3O2S/c1-16(2,3)26-15(25)24-7-4-11(5-8-24)13(14-12(18)6-9-27-14)23-22-10-17(19,20)21/h6,9,11,22H,4-5,7-8,10H2,1-3H3/b23-13+. The zero-order valence-electron chi connectivity index (χ0n) is 15.4. The Bertz CT molecular complexity index is 678. The van der Waals surface area contributed by atoms with Crippen LogP contribution in [0, 0.1) is 5.92 Å². The molecule has 0 atom stereocenters. The fraction of sp³-hybridized carbons (Fsp3) is 0.647. The molecule has 2 heterocycles. The lowest BCUT2D eigenvalue weighted by Crippen LogP contribution is -2.43. The molecule has 0 aliphatic carbocycles. The van der Waals surface area contributed by atoms with Gasteiger partial charge in [-0.2, -0.15) is 18.3 Å². The van der Waals surface area contributed by atoms with E-state index >= 15 is 0 Å². The molecule has 5 nitrogen and oxygen atoms in total. The molecule has 0 radical (unpaired) electrons. The van der Waals surface area contributed by atoms with Crippen LogP contribution in [0.25, 0.3) is 0 Å². The number of hydrogen-bond donors (Lipinski definition) is 1.